The molecule has 3 atom stereocenters. The molecular weight excluding hydrogens is 907 g/mol. The molecule has 0 aliphatic rings. The lowest BCUT2D eigenvalue weighted by Crippen LogP contribution is -2.50. The molecule has 2 aromatic heterocycles. The molecule has 6 aromatic rings. The van der Waals surface area contributed by atoms with E-state index in [0.717, 1.165) is 28.1 Å². The van der Waals surface area contributed by atoms with Crippen molar-refractivity contribution in [2.24, 2.45) is 4.40 Å². The minimum Gasteiger partial charge on any atom is -0.406 e. The van der Waals surface area contributed by atoms with E-state index in [2.05, 4.69) is 28.9 Å². The Morgan fingerprint density at radius 3 is 1.55 bits per heavy atom. The minimum atomic E-state index is -4.84. The van der Waals surface area contributed by atoms with Crippen molar-refractivity contribution in [1.29, 1.82) is 0 Å². The molecule has 0 aliphatic heterocycles. The molecule has 4 aromatic carbocycles. The Balaban J connectivity index is 0.000000256. The Hall–Kier alpha value is -5.59. The van der Waals surface area contributed by atoms with E-state index in [0.29, 0.717) is 33.9 Å². The zero-order valence-electron chi connectivity index (χ0n) is 38.5. The summed E-state index contributed by atoms with van der Waals surface area (Å²) in [6, 6.07) is 29.7. The first-order chi connectivity index (χ1) is 30.5. The number of benzene rings is 4. The Kier molecular flexibility index (Phi) is 17.5. The van der Waals surface area contributed by atoms with Crippen molar-refractivity contribution in [3.63, 3.8) is 0 Å². The third-order valence-corrected chi connectivity index (χ3v) is 12.1. The summed E-state index contributed by atoms with van der Waals surface area (Å²) in [7, 11) is -3.16. The number of aryl methyl sites for hydroxylation is 5. The molecule has 1 unspecified atom stereocenters. The molecule has 0 fully saturated rings. The Bertz CT molecular complexity index is 2610. The van der Waals surface area contributed by atoms with Crippen LogP contribution in [0.4, 0.5) is 26.3 Å². The maximum absolute atomic E-state index is 13.4. The van der Waals surface area contributed by atoms with Gasteiger partial charge in [0.25, 0.3) is 0 Å². The van der Waals surface area contributed by atoms with Gasteiger partial charge in [0.15, 0.2) is 0 Å². The molecule has 0 radical (unpaired) electrons. The number of rotatable bonds is 11. The Morgan fingerprint density at radius 2 is 1.09 bits per heavy atom. The van der Waals surface area contributed by atoms with Gasteiger partial charge in [0, 0.05) is 29.7 Å². The Labute approximate surface area is 386 Å². The second-order valence-electron chi connectivity index (χ2n) is 17.3. The number of hydrogen-bond donors (Lipinski definition) is 1. The van der Waals surface area contributed by atoms with Gasteiger partial charge in [-0.25, -0.2) is 13.1 Å². The van der Waals surface area contributed by atoms with Crippen LogP contribution in [0.5, 0.6) is 11.5 Å². The molecule has 0 bridgehead atoms. The normalized spacial score (nSPS) is 14.2. The van der Waals surface area contributed by atoms with Gasteiger partial charge in [-0.1, -0.05) is 88.2 Å². The molecule has 1 N–H and O–H groups in total. The van der Waals surface area contributed by atoms with Crippen LogP contribution in [0.3, 0.4) is 0 Å². The number of aromatic nitrogens is 2. The average molecular weight is 961 g/mol. The molecular formula is C48H54F6N4O6S2. The highest BCUT2D eigenvalue weighted by Crippen LogP contribution is 2.38. The van der Waals surface area contributed by atoms with Crippen LogP contribution in [0.15, 0.2) is 123 Å². The number of hydrogen-bond acceptors (Lipinski definition) is 8. The van der Waals surface area contributed by atoms with Crippen LogP contribution in [-0.2, 0) is 33.9 Å². The molecule has 2 heterocycles. The molecule has 0 amide bonds. The van der Waals surface area contributed by atoms with Gasteiger partial charge >= 0.3 is 12.7 Å². The highest BCUT2D eigenvalue weighted by Gasteiger charge is 2.41. The fourth-order valence-electron chi connectivity index (χ4n) is 6.08. The maximum Gasteiger partial charge on any atom is 0.573 e. The van der Waals surface area contributed by atoms with Gasteiger partial charge in [-0.3, -0.25) is 0 Å². The third-order valence-electron chi connectivity index (χ3n) is 9.09. The monoisotopic (exact) mass is 960 g/mol. The summed E-state index contributed by atoms with van der Waals surface area (Å²) in [6.45, 7) is 20.2. The summed E-state index contributed by atoms with van der Waals surface area (Å²) in [4.78, 5) is 0. The molecule has 356 valence electrons. The van der Waals surface area contributed by atoms with E-state index < -0.39 is 49.7 Å². The van der Waals surface area contributed by atoms with Gasteiger partial charge in [-0.2, -0.15) is 4.40 Å². The first-order valence-corrected chi connectivity index (χ1v) is 22.7. The number of ether oxygens (including phenoxy) is 2. The second kappa shape index (κ2) is 21.8. The molecule has 10 nitrogen and oxygen atoms in total. The first kappa shape index (κ1) is 53.0. The summed E-state index contributed by atoms with van der Waals surface area (Å²) in [5, 5.41) is 7.59. The second-order valence-corrected chi connectivity index (χ2v) is 21.1. The standard InChI is InChI=1S/C24H27F3N2O3S.C19H20F3NO2S.C5H7NO/c1-16-8-6-9-18(12-16)23(29-33(30)22(3,4)5,15-21-13-17(2)28-32-21)19-10-7-11-20(14-19)31-24(25,26)27;1-13-7-5-8-14(11-13)17(23-26(24)18(2,3)4)15-9-6-10-16(12-15)25-19(20,21)22;1-4-3-5(2)7-6-4/h6-14,29H,15H2,1-5H3;5-12H,1-4H3;3H,1-2H3/t23?,33-;26-;/m11./s1. The van der Waals surface area contributed by atoms with Gasteiger partial charge < -0.3 is 18.5 Å². The first-order valence-electron chi connectivity index (χ1n) is 20.4. The van der Waals surface area contributed by atoms with Crippen LogP contribution < -0.4 is 14.2 Å². The minimum absolute atomic E-state index is 0.161. The lowest BCUT2D eigenvalue weighted by Gasteiger charge is -2.37. The van der Waals surface area contributed by atoms with Gasteiger partial charge in [0.1, 0.15) is 34.0 Å². The van der Waals surface area contributed by atoms with Gasteiger partial charge in [0.2, 0.25) is 0 Å². The van der Waals surface area contributed by atoms with Crippen LogP contribution >= 0.6 is 0 Å². The zero-order valence-corrected chi connectivity index (χ0v) is 40.1. The van der Waals surface area contributed by atoms with Crippen molar-refractivity contribution in [2.45, 2.75) is 110 Å². The van der Waals surface area contributed by atoms with E-state index in [4.69, 9.17) is 9.05 Å². The molecule has 18 heteroatoms. The number of nitrogens with one attached hydrogen (secondary N) is 1. The van der Waals surface area contributed by atoms with Crippen molar-refractivity contribution >= 4 is 27.7 Å². The van der Waals surface area contributed by atoms with Crippen LogP contribution in [0, 0.1) is 34.6 Å². The summed E-state index contributed by atoms with van der Waals surface area (Å²) < 4.78 is 127. The number of nitrogens with zero attached hydrogens (tertiary/aromatic N) is 3. The third kappa shape index (κ3) is 16.4. The van der Waals surface area contributed by atoms with Crippen LogP contribution in [-0.4, -0.2) is 46.7 Å². The topological polar surface area (TPSA) is 129 Å². The van der Waals surface area contributed by atoms with E-state index in [1.54, 1.807) is 52.0 Å². The SMILES string of the molecule is Cc1cc(C)on1.Cc1cccc(C(=N[S@](=O)C(C)(C)C)c2cccc(OC(F)(F)F)c2)c1.Cc1cccc(C(Cc2cc(C)no2)(N[S@](=O)C(C)(C)C)c2cccc(OC(F)(F)F)c2)c1. The summed E-state index contributed by atoms with van der Waals surface area (Å²) in [6.07, 6.45) is -9.46. The predicted molar refractivity (Wildman–Crippen MR) is 245 cm³/mol. The molecule has 6 rings (SSSR count). The van der Waals surface area contributed by atoms with E-state index in [1.807, 2.05) is 97.0 Å². The summed E-state index contributed by atoms with van der Waals surface area (Å²) in [5.41, 5.74) is 4.90. The van der Waals surface area contributed by atoms with E-state index in [9.17, 15) is 34.8 Å². The van der Waals surface area contributed by atoms with Crippen LogP contribution in [0.25, 0.3) is 0 Å². The van der Waals surface area contributed by atoms with E-state index in [-0.39, 0.29) is 17.9 Å². The smallest absolute Gasteiger partial charge is 0.406 e. The average Bonchev–Trinajstić information content (AvgIpc) is 3.79. The highest BCUT2D eigenvalue weighted by molar-refractivity contribution is 7.85. The summed E-state index contributed by atoms with van der Waals surface area (Å²) >= 11 is 0. The van der Waals surface area contributed by atoms with Gasteiger partial charge in [0.05, 0.1) is 43.1 Å². The van der Waals surface area contributed by atoms with E-state index in [1.165, 1.54) is 36.4 Å². The quantitative estimate of drug-likeness (QED) is 0.100. The van der Waals surface area contributed by atoms with Crippen molar-refractivity contribution in [1.82, 2.24) is 15.0 Å². The fraction of sp³-hybridized carbons (Fsp3) is 0.354. The largest absolute Gasteiger partial charge is 0.573 e. The van der Waals surface area contributed by atoms with Crippen LogP contribution in [0.1, 0.15) is 97.8 Å². The van der Waals surface area contributed by atoms with Crippen molar-refractivity contribution in [3.05, 3.63) is 165 Å². The molecule has 0 aliphatic carbocycles. The predicted octanol–water partition coefficient (Wildman–Crippen LogP) is 12.2. The summed E-state index contributed by atoms with van der Waals surface area (Å²) in [5.74, 6) is 0.651. The highest BCUT2D eigenvalue weighted by atomic mass is 32.2. The molecule has 0 spiro atoms. The van der Waals surface area contributed by atoms with Crippen molar-refractivity contribution in [3.8, 4) is 11.5 Å². The lowest BCUT2D eigenvalue weighted by molar-refractivity contribution is -0.275. The van der Waals surface area contributed by atoms with E-state index >= 15 is 0 Å². The number of alkyl halides is 6. The Morgan fingerprint density at radius 1 is 0.606 bits per heavy atom. The van der Waals surface area contributed by atoms with Crippen molar-refractivity contribution < 1.29 is 53.3 Å². The lowest BCUT2D eigenvalue weighted by atomic mass is 9.79. The molecule has 0 saturated carbocycles. The van der Waals surface area contributed by atoms with Gasteiger partial charge in [-0.15, -0.1) is 26.3 Å². The maximum atomic E-state index is 13.4. The van der Waals surface area contributed by atoms with Gasteiger partial charge in [-0.05, 0) is 118 Å². The molecule has 0 saturated heterocycles. The zero-order chi connectivity index (χ0) is 49.3. The van der Waals surface area contributed by atoms with Crippen molar-refractivity contribution in [2.75, 3.05) is 0 Å². The fourth-order valence-corrected chi connectivity index (χ4v) is 7.66. The molecule has 66 heavy (non-hydrogen) atoms. The van der Waals surface area contributed by atoms with Crippen LogP contribution in [0.2, 0.25) is 0 Å². The number of halogens is 6.